The van der Waals surface area contributed by atoms with Gasteiger partial charge in [0.2, 0.25) is 0 Å². The zero-order valence-corrected chi connectivity index (χ0v) is 17.0. The van der Waals surface area contributed by atoms with Crippen LogP contribution in [-0.2, 0) is 0 Å². The first-order valence-corrected chi connectivity index (χ1v) is 8.93. The zero-order chi connectivity index (χ0) is 24.8. The van der Waals surface area contributed by atoms with Crippen LogP contribution in [0.3, 0.4) is 0 Å². The second-order valence-electron chi connectivity index (χ2n) is 6.51. The third-order valence-corrected chi connectivity index (χ3v) is 5.95. The average molecular weight is 594 g/mol. The Balaban J connectivity index is 6.48. The van der Waals surface area contributed by atoms with E-state index in [9.17, 15) is 65.9 Å². The molecule has 0 aliphatic carbocycles. The summed E-state index contributed by atoms with van der Waals surface area (Å²) in [5, 5.41) is 0. The summed E-state index contributed by atoms with van der Waals surface area (Å²) in [7, 11) is 0. The smallest absolute Gasteiger partial charge is 0.200 e. The molecule has 1 atom stereocenters. The Hall–Kier alpha value is -0.320. The molecular formula is C14H14F15I. The van der Waals surface area contributed by atoms with Gasteiger partial charge in [-0.2, -0.15) is 65.9 Å². The molecule has 0 aliphatic heterocycles. The average Bonchev–Trinajstić information content (AvgIpc) is 2.52. The molecule has 0 saturated carbocycles. The van der Waals surface area contributed by atoms with Gasteiger partial charge in [0.25, 0.3) is 0 Å². The van der Waals surface area contributed by atoms with Crippen LogP contribution in [0.4, 0.5) is 65.9 Å². The van der Waals surface area contributed by atoms with Gasteiger partial charge in [-0.3, -0.25) is 0 Å². The predicted molar refractivity (Wildman–Crippen MR) is 82.3 cm³/mol. The lowest BCUT2D eigenvalue weighted by atomic mass is 9.85. The van der Waals surface area contributed by atoms with Gasteiger partial charge in [-0.1, -0.05) is 42.9 Å². The van der Waals surface area contributed by atoms with Crippen LogP contribution in [0.25, 0.3) is 0 Å². The van der Waals surface area contributed by atoms with Crippen LogP contribution in [0.2, 0.25) is 0 Å². The van der Waals surface area contributed by atoms with E-state index in [2.05, 4.69) is 0 Å². The van der Waals surface area contributed by atoms with Crippen LogP contribution in [0.5, 0.6) is 0 Å². The lowest BCUT2D eigenvalue weighted by molar-refractivity contribution is -0.452. The van der Waals surface area contributed by atoms with Gasteiger partial charge in [-0.15, -0.1) is 0 Å². The number of hydrogen-bond donors (Lipinski definition) is 0. The van der Waals surface area contributed by atoms with Gasteiger partial charge in [0.1, 0.15) is 0 Å². The molecule has 30 heavy (non-hydrogen) atoms. The van der Waals surface area contributed by atoms with Crippen molar-refractivity contribution in [2.24, 2.45) is 0 Å². The van der Waals surface area contributed by atoms with Crippen molar-refractivity contribution in [1.82, 2.24) is 0 Å². The molecule has 182 valence electrons. The highest BCUT2D eigenvalue weighted by atomic mass is 127. The molecule has 0 nitrogen and oxygen atoms in total. The fourth-order valence-electron chi connectivity index (χ4n) is 2.35. The molecule has 0 radical (unpaired) electrons. The lowest BCUT2D eigenvalue weighted by Crippen LogP contribution is -2.72. The van der Waals surface area contributed by atoms with E-state index in [1.807, 2.05) is 0 Å². The summed E-state index contributed by atoms with van der Waals surface area (Å²) in [4.78, 5) is 0. The van der Waals surface area contributed by atoms with Gasteiger partial charge in [0, 0.05) is 9.84 Å². The van der Waals surface area contributed by atoms with Crippen LogP contribution < -0.4 is 0 Å². The minimum absolute atomic E-state index is 0.0147. The first-order valence-electron chi connectivity index (χ1n) is 7.85. The number of halogens is 16. The predicted octanol–water partition coefficient (Wildman–Crippen LogP) is 8.13. The Morgan fingerprint density at radius 3 is 1.17 bits per heavy atom. The van der Waals surface area contributed by atoms with E-state index in [0.717, 1.165) is 29.5 Å². The molecule has 0 aromatic heterocycles. The second-order valence-corrected chi connectivity index (χ2v) is 8.79. The molecule has 0 N–H and O–H groups in total. The van der Waals surface area contributed by atoms with Gasteiger partial charge >= 0.3 is 41.7 Å². The minimum atomic E-state index is -8.23. The molecule has 0 heterocycles. The Labute approximate surface area is 173 Å². The SMILES string of the molecule is CCCC(I)(CC)CC(F)(F)C(F)(F)C(F)(F)C(F)(F)C(F)(F)C(F)(F)C(F)(F)F. The van der Waals surface area contributed by atoms with E-state index >= 15 is 0 Å². The van der Waals surface area contributed by atoms with E-state index in [4.69, 9.17) is 0 Å². The lowest BCUT2D eigenvalue weighted by Gasteiger charge is -2.42. The van der Waals surface area contributed by atoms with E-state index in [0.29, 0.717) is 0 Å². The van der Waals surface area contributed by atoms with Crippen LogP contribution in [0.15, 0.2) is 0 Å². The molecular weight excluding hydrogens is 580 g/mol. The summed E-state index contributed by atoms with van der Waals surface area (Å²) in [6.07, 6.45) is -10.6. The molecule has 16 heteroatoms. The van der Waals surface area contributed by atoms with Gasteiger partial charge in [0.05, 0.1) is 0 Å². The van der Waals surface area contributed by atoms with E-state index in [1.54, 1.807) is 0 Å². The second kappa shape index (κ2) is 8.23. The van der Waals surface area contributed by atoms with Gasteiger partial charge in [-0.05, 0) is 12.8 Å². The molecule has 0 fully saturated rings. The van der Waals surface area contributed by atoms with E-state index in [-0.39, 0.29) is 12.8 Å². The van der Waals surface area contributed by atoms with Gasteiger partial charge < -0.3 is 0 Å². The maximum Gasteiger partial charge on any atom is 0.460 e. The van der Waals surface area contributed by atoms with E-state index in [1.165, 1.54) is 6.92 Å². The zero-order valence-electron chi connectivity index (χ0n) is 14.9. The third-order valence-electron chi connectivity index (χ3n) is 4.26. The Kier molecular flexibility index (Phi) is 8.14. The highest BCUT2D eigenvalue weighted by Crippen LogP contribution is 2.63. The summed E-state index contributed by atoms with van der Waals surface area (Å²) < 4.78 is 195. The molecule has 0 saturated heterocycles. The van der Waals surface area contributed by atoms with Crippen molar-refractivity contribution >= 4 is 22.6 Å². The molecule has 0 spiro atoms. The highest BCUT2D eigenvalue weighted by Gasteiger charge is 2.93. The Morgan fingerprint density at radius 2 is 0.867 bits per heavy atom. The molecule has 0 aromatic rings. The number of rotatable bonds is 10. The largest absolute Gasteiger partial charge is 0.460 e. The van der Waals surface area contributed by atoms with Crippen LogP contribution in [0, 0.1) is 0 Å². The summed E-state index contributed by atoms with van der Waals surface area (Å²) in [5.41, 5.74) is 0. The Morgan fingerprint density at radius 1 is 0.533 bits per heavy atom. The molecule has 0 rings (SSSR count). The first kappa shape index (κ1) is 29.7. The summed E-state index contributed by atoms with van der Waals surface area (Å²) in [6.45, 7) is 2.48. The van der Waals surface area contributed by atoms with E-state index < -0.39 is 58.0 Å². The van der Waals surface area contributed by atoms with Crippen LogP contribution >= 0.6 is 22.6 Å². The molecule has 0 amide bonds. The minimum Gasteiger partial charge on any atom is -0.200 e. The third kappa shape index (κ3) is 4.43. The summed E-state index contributed by atoms with van der Waals surface area (Å²) in [6, 6.07) is 0. The van der Waals surface area contributed by atoms with Crippen molar-refractivity contribution in [3.8, 4) is 0 Å². The highest BCUT2D eigenvalue weighted by molar-refractivity contribution is 14.1. The van der Waals surface area contributed by atoms with Crippen molar-refractivity contribution in [1.29, 1.82) is 0 Å². The van der Waals surface area contributed by atoms with Crippen molar-refractivity contribution < 1.29 is 65.9 Å². The van der Waals surface area contributed by atoms with Crippen LogP contribution in [0.1, 0.15) is 39.5 Å². The summed E-state index contributed by atoms with van der Waals surface area (Å²) >= 11 is 1.13. The topological polar surface area (TPSA) is 0 Å². The molecule has 0 aliphatic rings. The van der Waals surface area contributed by atoms with Crippen molar-refractivity contribution in [3.63, 3.8) is 0 Å². The quantitative estimate of drug-likeness (QED) is 0.136. The fourth-order valence-corrected chi connectivity index (χ4v) is 3.36. The van der Waals surface area contributed by atoms with Crippen LogP contribution in [-0.4, -0.2) is 45.1 Å². The maximum absolute atomic E-state index is 13.9. The first-order chi connectivity index (χ1) is 12.8. The van der Waals surface area contributed by atoms with Gasteiger partial charge in [0.15, 0.2) is 0 Å². The van der Waals surface area contributed by atoms with Crippen molar-refractivity contribution in [2.45, 2.75) is 84.7 Å². The number of alkyl halides is 16. The molecule has 1 unspecified atom stereocenters. The Bertz CT molecular complexity index is 595. The standard InChI is InChI=1S/C14H14F15I/c1-3-5-7(30,4-2)6-8(15,16)9(17,18)10(19,20)11(21,22)12(23,24)13(25,26)14(27,28)29/h3-6H2,1-2H3. The molecule has 0 aromatic carbocycles. The van der Waals surface area contributed by atoms with Crippen molar-refractivity contribution in [3.05, 3.63) is 0 Å². The maximum atomic E-state index is 13.9. The summed E-state index contributed by atoms with van der Waals surface area (Å²) in [5.74, 6) is -46.0. The monoisotopic (exact) mass is 594 g/mol. The fraction of sp³-hybridized carbons (Fsp3) is 1.00. The van der Waals surface area contributed by atoms with Crippen molar-refractivity contribution in [2.75, 3.05) is 0 Å². The van der Waals surface area contributed by atoms with Gasteiger partial charge in [-0.25, -0.2) is 0 Å². The number of hydrogen-bond acceptors (Lipinski definition) is 0. The normalized spacial score (nSPS) is 17.8. The molecule has 0 bridgehead atoms.